The fourth-order valence-corrected chi connectivity index (χ4v) is 3.52. The smallest absolute Gasteiger partial charge is 0.376 e. The van der Waals surface area contributed by atoms with Crippen molar-refractivity contribution in [1.29, 1.82) is 0 Å². The summed E-state index contributed by atoms with van der Waals surface area (Å²) in [6, 6.07) is 3.62. The maximum absolute atomic E-state index is 12.4. The van der Waals surface area contributed by atoms with E-state index in [1.165, 1.54) is 17.0 Å². The van der Waals surface area contributed by atoms with Gasteiger partial charge in [0.1, 0.15) is 17.8 Å². The van der Waals surface area contributed by atoms with Gasteiger partial charge in [0, 0.05) is 13.0 Å². The minimum absolute atomic E-state index is 0.139. The van der Waals surface area contributed by atoms with Gasteiger partial charge in [0.05, 0.1) is 0 Å². The Labute approximate surface area is 147 Å². The van der Waals surface area contributed by atoms with E-state index in [2.05, 4.69) is 9.50 Å². The molecule has 2 aliphatic heterocycles. The molecule has 1 aromatic carbocycles. The molecule has 2 aliphatic rings. The lowest BCUT2D eigenvalue weighted by Crippen LogP contribution is -2.61. The van der Waals surface area contributed by atoms with E-state index >= 15 is 0 Å². The standard InChI is InChI=1S/C15H15F3N2O5S/c16-15(17,18)26(23,24)25-10-5-3-9(4-6-10)8-11-14(22)20-7-1-2-12(20)13(21)19-11/h3-6,11-12H,1-2,7-8H2,(H,19,21)/t11-,12-/m0/s1. The average Bonchev–Trinajstić information content (AvgIpc) is 3.03. The van der Waals surface area contributed by atoms with Crippen molar-refractivity contribution in [1.82, 2.24) is 10.2 Å². The van der Waals surface area contributed by atoms with Crippen molar-refractivity contribution in [2.24, 2.45) is 0 Å². The number of hydrogen-bond donors (Lipinski definition) is 1. The molecule has 0 radical (unpaired) electrons. The van der Waals surface area contributed by atoms with E-state index in [-0.39, 0.29) is 18.2 Å². The number of alkyl halides is 3. The molecule has 2 amide bonds. The minimum atomic E-state index is -5.73. The van der Waals surface area contributed by atoms with Crippen LogP contribution in [0.5, 0.6) is 5.75 Å². The number of nitrogens with one attached hydrogen (secondary N) is 1. The number of fused-ring (bicyclic) bond motifs is 1. The molecule has 2 atom stereocenters. The monoisotopic (exact) mass is 392 g/mol. The number of nitrogens with zero attached hydrogens (tertiary/aromatic N) is 1. The Morgan fingerprint density at radius 1 is 1.19 bits per heavy atom. The first kappa shape index (κ1) is 18.5. The fourth-order valence-electron chi connectivity index (χ4n) is 3.06. The number of piperazine rings is 1. The molecule has 0 aliphatic carbocycles. The maximum Gasteiger partial charge on any atom is 0.534 e. The summed E-state index contributed by atoms with van der Waals surface area (Å²) < 4.78 is 62.8. The van der Waals surface area contributed by atoms with Crippen LogP contribution in [0.3, 0.4) is 0 Å². The van der Waals surface area contributed by atoms with Crippen LogP contribution in [0.15, 0.2) is 24.3 Å². The third kappa shape index (κ3) is 3.48. The first-order valence-electron chi connectivity index (χ1n) is 7.79. The summed E-state index contributed by atoms with van der Waals surface area (Å²) in [5, 5.41) is 2.65. The second-order valence-corrected chi connectivity index (χ2v) is 7.62. The van der Waals surface area contributed by atoms with Gasteiger partial charge in [0.25, 0.3) is 0 Å². The highest BCUT2D eigenvalue weighted by molar-refractivity contribution is 7.88. The summed E-state index contributed by atoms with van der Waals surface area (Å²) in [7, 11) is -5.73. The third-order valence-corrected chi connectivity index (χ3v) is 5.28. The van der Waals surface area contributed by atoms with Crippen molar-refractivity contribution in [3.63, 3.8) is 0 Å². The molecule has 2 heterocycles. The number of carbonyl (C=O) groups excluding carboxylic acids is 2. The summed E-state index contributed by atoms with van der Waals surface area (Å²) in [5.41, 5.74) is -4.98. The maximum atomic E-state index is 12.4. The molecule has 1 aromatic rings. The van der Waals surface area contributed by atoms with Crippen LogP contribution in [-0.4, -0.2) is 49.3 Å². The Morgan fingerprint density at radius 2 is 1.85 bits per heavy atom. The van der Waals surface area contributed by atoms with E-state index in [9.17, 15) is 31.2 Å². The molecular weight excluding hydrogens is 377 g/mol. The fraction of sp³-hybridized carbons (Fsp3) is 0.467. The third-order valence-electron chi connectivity index (χ3n) is 4.31. The van der Waals surface area contributed by atoms with Crippen LogP contribution in [0.1, 0.15) is 18.4 Å². The largest absolute Gasteiger partial charge is 0.534 e. The number of hydrogen-bond acceptors (Lipinski definition) is 5. The predicted octanol–water partition coefficient (Wildman–Crippen LogP) is 0.947. The lowest BCUT2D eigenvalue weighted by molar-refractivity contribution is -0.146. The van der Waals surface area contributed by atoms with Crippen LogP contribution in [-0.2, 0) is 26.1 Å². The summed E-state index contributed by atoms with van der Waals surface area (Å²) in [6.07, 6.45) is 1.53. The van der Waals surface area contributed by atoms with E-state index in [0.717, 1.165) is 18.6 Å². The van der Waals surface area contributed by atoms with Gasteiger partial charge in [-0.2, -0.15) is 21.6 Å². The molecule has 2 fully saturated rings. The van der Waals surface area contributed by atoms with Crippen LogP contribution in [0.25, 0.3) is 0 Å². The zero-order valence-corrected chi connectivity index (χ0v) is 14.1. The second-order valence-electron chi connectivity index (χ2n) is 6.08. The van der Waals surface area contributed by atoms with Crippen LogP contribution < -0.4 is 9.50 Å². The van der Waals surface area contributed by atoms with Crippen LogP contribution in [0.2, 0.25) is 0 Å². The number of carbonyl (C=O) groups is 2. The Kier molecular flexibility index (Phi) is 4.59. The van der Waals surface area contributed by atoms with Crippen LogP contribution in [0.4, 0.5) is 13.2 Å². The highest BCUT2D eigenvalue weighted by atomic mass is 32.2. The van der Waals surface area contributed by atoms with Crippen molar-refractivity contribution < 1.29 is 35.4 Å². The Bertz CT molecular complexity index is 823. The van der Waals surface area contributed by atoms with E-state index in [4.69, 9.17) is 0 Å². The molecule has 3 rings (SSSR count). The summed E-state index contributed by atoms with van der Waals surface area (Å²) in [4.78, 5) is 26.0. The zero-order chi connectivity index (χ0) is 19.1. The molecule has 1 N–H and O–H groups in total. The molecule has 26 heavy (non-hydrogen) atoms. The molecule has 0 aromatic heterocycles. The molecule has 142 valence electrons. The van der Waals surface area contributed by atoms with Crippen molar-refractivity contribution in [3.05, 3.63) is 29.8 Å². The molecular formula is C15H15F3N2O5S. The van der Waals surface area contributed by atoms with Gasteiger partial charge in [0.2, 0.25) is 11.8 Å². The summed E-state index contributed by atoms with van der Waals surface area (Å²) in [5.74, 6) is -0.917. The van der Waals surface area contributed by atoms with Crippen LogP contribution in [0, 0.1) is 0 Å². The number of rotatable bonds is 4. The molecule has 11 heteroatoms. The van der Waals surface area contributed by atoms with Crippen molar-refractivity contribution in [3.8, 4) is 5.75 Å². The average molecular weight is 392 g/mol. The van der Waals surface area contributed by atoms with Crippen molar-refractivity contribution in [2.45, 2.75) is 36.9 Å². The Balaban J connectivity index is 1.68. The molecule has 0 unspecified atom stereocenters. The van der Waals surface area contributed by atoms with Gasteiger partial charge in [-0.05, 0) is 30.5 Å². The van der Waals surface area contributed by atoms with Crippen molar-refractivity contribution in [2.75, 3.05) is 6.54 Å². The number of halogens is 3. The van der Waals surface area contributed by atoms with Gasteiger partial charge in [-0.15, -0.1) is 0 Å². The SMILES string of the molecule is O=C1N[C@@H](Cc2ccc(OS(=O)(=O)C(F)(F)F)cc2)C(=O)N2CCC[C@@H]12. The Hall–Kier alpha value is -2.30. The van der Waals surface area contributed by atoms with Gasteiger partial charge in [-0.25, -0.2) is 0 Å². The highest BCUT2D eigenvalue weighted by Gasteiger charge is 2.48. The molecule has 0 spiro atoms. The summed E-state index contributed by atoms with van der Waals surface area (Å²) >= 11 is 0. The van der Waals surface area contributed by atoms with Gasteiger partial charge < -0.3 is 14.4 Å². The quantitative estimate of drug-likeness (QED) is 0.608. The summed E-state index contributed by atoms with van der Waals surface area (Å²) in [6.45, 7) is 0.523. The van der Waals surface area contributed by atoms with Crippen LogP contribution >= 0.6 is 0 Å². The van der Waals surface area contributed by atoms with Gasteiger partial charge >= 0.3 is 15.6 Å². The molecule has 0 saturated carbocycles. The lowest BCUT2D eigenvalue weighted by Gasteiger charge is -2.34. The second kappa shape index (κ2) is 6.45. The van der Waals surface area contributed by atoms with Gasteiger partial charge in [-0.3, -0.25) is 9.59 Å². The number of amides is 2. The first-order chi connectivity index (χ1) is 12.1. The van der Waals surface area contributed by atoms with Gasteiger partial charge in [0.15, 0.2) is 0 Å². The van der Waals surface area contributed by atoms with Gasteiger partial charge in [-0.1, -0.05) is 12.1 Å². The highest BCUT2D eigenvalue weighted by Crippen LogP contribution is 2.27. The molecule has 0 bridgehead atoms. The van der Waals surface area contributed by atoms with E-state index in [1.807, 2.05) is 0 Å². The zero-order valence-electron chi connectivity index (χ0n) is 13.3. The van der Waals surface area contributed by atoms with Crippen molar-refractivity contribution >= 4 is 21.9 Å². The minimum Gasteiger partial charge on any atom is -0.376 e. The predicted molar refractivity (Wildman–Crippen MR) is 82.4 cm³/mol. The first-order valence-corrected chi connectivity index (χ1v) is 9.20. The molecule has 7 nitrogen and oxygen atoms in total. The van der Waals surface area contributed by atoms with E-state index < -0.39 is 33.5 Å². The lowest BCUT2D eigenvalue weighted by atomic mass is 10.0. The Morgan fingerprint density at radius 3 is 2.46 bits per heavy atom. The number of benzene rings is 1. The van der Waals surface area contributed by atoms with E-state index in [0.29, 0.717) is 18.5 Å². The van der Waals surface area contributed by atoms with E-state index in [1.54, 1.807) is 0 Å². The normalized spacial score (nSPS) is 23.6. The molecule has 2 saturated heterocycles. The topological polar surface area (TPSA) is 92.8 Å².